The van der Waals surface area contributed by atoms with E-state index in [0.29, 0.717) is 15.4 Å². The first-order chi connectivity index (χ1) is 12.0. The minimum atomic E-state index is -0.512. The van der Waals surface area contributed by atoms with Crippen LogP contribution in [0.2, 0.25) is 0 Å². The molecule has 1 aromatic heterocycles. The van der Waals surface area contributed by atoms with Crippen LogP contribution >= 0.6 is 15.9 Å². The van der Waals surface area contributed by atoms with Crippen molar-refractivity contribution < 1.29 is 14.6 Å². The van der Waals surface area contributed by atoms with E-state index in [1.54, 1.807) is 16.8 Å². The molecule has 4 aromatic rings. The number of halogens is 2. The molecule has 0 fully saturated rings. The standard InChI is InChI=1S/C19H12BrFN2O2/c20-19-14(2-1-3-18(19)25)11-4-6-12(7-5-11)23-17-9-13(24)8-16(21)15(17)10-22-23/h1-10,24-25H. The molecule has 0 radical (unpaired) electrons. The summed E-state index contributed by atoms with van der Waals surface area (Å²) >= 11 is 3.39. The highest BCUT2D eigenvalue weighted by Crippen LogP contribution is 2.35. The Labute approximate surface area is 150 Å². The summed E-state index contributed by atoms with van der Waals surface area (Å²) in [6.45, 7) is 0. The molecule has 0 atom stereocenters. The Morgan fingerprint density at radius 1 is 1.00 bits per heavy atom. The Hall–Kier alpha value is -2.86. The van der Waals surface area contributed by atoms with Crippen LogP contribution in [-0.4, -0.2) is 20.0 Å². The Morgan fingerprint density at radius 2 is 1.76 bits per heavy atom. The second kappa shape index (κ2) is 5.89. The first-order valence-corrected chi connectivity index (χ1v) is 8.28. The molecule has 0 unspecified atom stereocenters. The van der Waals surface area contributed by atoms with Crippen LogP contribution in [0.25, 0.3) is 27.7 Å². The average Bonchev–Trinajstić information content (AvgIpc) is 3.02. The second-order valence-electron chi connectivity index (χ2n) is 5.60. The van der Waals surface area contributed by atoms with Gasteiger partial charge in [-0.25, -0.2) is 9.07 Å². The van der Waals surface area contributed by atoms with E-state index in [4.69, 9.17) is 0 Å². The maximum absolute atomic E-state index is 13.9. The Balaban J connectivity index is 1.80. The van der Waals surface area contributed by atoms with Crippen molar-refractivity contribution in [2.24, 2.45) is 0 Å². The van der Waals surface area contributed by atoms with Gasteiger partial charge in [-0.1, -0.05) is 24.3 Å². The van der Waals surface area contributed by atoms with Crippen molar-refractivity contribution in [1.82, 2.24) is 9.78 Å². The number of rotatable bonds is 2. The number of hydrogen-bond acceptors (Lipinski definition) is 3. The first kappa shape index (κ1) is 15.7. The summed E-state index contributed by atoms with van der Waals surface area (Å²) in [5.74, 6) is -0.487. The minimum Gasteiger partial charge on any atom is -0.508 e. The molecule has 4 rings (SSSR count). The zero-order valence-electron chi connectivity index (χ0n) is 12.8. The molecular formula is C19H12BrFN2O2. The van der Waals surface area contributed by atoms with Gasteiger partial charge in [0, 0.05) is 12.1 Å². The van der Waals surface area contributed by atoms with Gasteiger partial charge in [0.2, 0.25) is 0 Å². The zero-order chi connectivity index (χ0) is 17.6. The van der Waals surface area contributed by atoms with Gasteiger partial charge in [0.25, 0.3) is 0 Å². The summed E-state index contributed by atoms with van der Waals surface area (Å²) in [5.41, 5.74) is 3.00. The van der Waals surface area contributed by atoms with E-state index in [0.717, 1.165) is 22.9 Å². The van der Waals surface area contributed by atoms with Crippen molar-refractivity contribution in [1.29, 1.82) is 0 Å². The van der Waals surface area contributed by atoms with Gasteiger partial charge < -0.3 is 10.2 Å². The highest BCUT2D eigenvalue weighted by atomic mass is 79.9. The molecular weight excluding hydrogens is 387 g/mol. The van der Waals surface area contributed by atoms with Gasteiger partial charge in [0.15, 0.2) is 0 Å². The lowest BCUT2D eigenvalue weighted by molar-refractivity contribution is 0.470. The Kier molecular flexibility index (Phi) is 3.69. The van der Waals surface area contributed by atoms with Crippen LogP contribution in [-0.2, 0) is 0 Å². The van der Waals surface area contributed by atoms with Gasteiger partial charge in [0.1, 0.15) is 17.3 Å². The smallest absolute Gasteiger partial charge is 0.137 e. The maximum atomic E-state index is 13.9. The van der Waals surface area contributed by atoms with Crippen molar-refractivity contribution in [3.63, 3.8) is 0 Å². The van der Waals surface area contributed by atoms with E-state index in [1.165, 1.54) is 12.3 Å². The van der Waals surface area contributed by atoms with Gasteiger partial charge in [-0.2, -0.15) is 5.10 Å². The number of nitrogens with zero attached hydrogens (tertiary/aromatic N) is 2. The molecule has 0 aliphatic heterocycles. The van der Waals surface area contributed by atoms with E-state index >= 15 is 0 Å². The van der Waals surface area contributed by atoms with E-state index < -0.39 is 5.82 Å². The number of phenolic OH excluding ortho intramolecular Hbond substituents is 2. The Morgan fingerprint density at radius 3 is 2.52 bits per heavy atom. The van der Waals surface area contributed by atoms with Crippen molar-refractivity contribution in [3.8, 4) is 28.3 Å². The number of phenols is 2. The fraction of sp³-hybridized carbons (Fsp3) is 0. The number of fused-ring (bicyclic) bond motifs is 1. The van der Waals surface area contributed by atoms with Gasteiger partial charge in [0.05, 0.1) is 27.3 Å². The maximum Gasteiger partial charge on any atom is 0.137 e. The number of hydrogen-bond donors (Lipinski definition) is 2. The molecule has 0 aliphatic carbocycles. The highest BCUT2D eigenvalue weighted by molar-refractivity contribution is 9.10. The normalized spacial score (nSPS) is 11.1. The molecule has 3 aromatic carbocycles. The van der Waals surface area contributed by atoms with Crippen molar-refractivity contribution in [2.45, 2.75) is 0 Å². The van der Waals surface area contributed by atoms with Crippen LogP contribution in [0.1, 0.15) is 0 Å². The highest BCUT2D eigenvalue weighted by Gasteiger charge is 2.12. The zero-order valence-corrected chi connectivity index (χ0v) is 14.4. The molecule has 1 heterocycles. The molecule has 4 nitrogen and oxygen atoms in total. The molecule has 0 bridgehead atoms. The third-order valence-corrected chi connectivity index (χ3v) is 4.86. The molecule has 124 valence electrons. The number of aromatic nitrogens is 2. The molecule has 25 heavy (non-hydrogen) atoms. The summed E-state index contributed by atoms with van der Waals surface area (Å²) < 4.78 is 16.1. The summed E-state index contributed by atoms with van der Waals surface area (Å²) in [5, 5.41) is 24.0. The average molecular weight is 399 g/mol. The predicted molar refractivity (Wildman–Crippen MR) is 97.5 cm³/mol. The van der Waals surface area contributed by atoms with Crippen molar-refractivity contribution in [2.75, 3.05) is 0 Å². The molecule has 2 N–H and O–H groups in total. The minimum absolute atomic E-state index is 0.146. The molecule has 0 saturated heterocycles. The Bertz CT molecular complexity index is 1090. The summed E-state index contributed by atoms with van der Waals surface area (Å²) in [4.78, 5) is 0. The van der Waals surface area contributed by atoms with Crippen molar-refractivity contribution >= 4 is 26.8 Å². The van der Waals surface area contributed by atoms with E-state index in [9.17, 15) is 14.6 Å². The van der Waals surface area contributed by atoms with E-state index in [-0.39, 0.29) is 11.5 Å². The fourth-order valence-corrected chi connectivity index (χ4v) is 3.29. The summed E-state index contributed by atoms with van der Waals surface area (Å²) in [7, 11) is 0. The summed E-state index contributed by atoms with van der Waals surface area (Å²) in [6, 6.07) is 15.3. The van der Waals surface area contributed by atoms with E-state index in [1.807, 2.05) is 30.3 Å². The largest absolute Gasteiger partial charge is 0.508 e. The second-order valence-corrected chi connectivity index (χ2v) is 6.40. The number of aromatic hydroxyl groups is 2. The van der Waals surface area contributed by atoms with Gasteiger partial charge in [-0.05, 0) is 45.3 Å². The van der Waals surface area contributed by atoms with Crippen LogP contribution < -0.4 is 0 Å². The van der Waals surface area contributed by atoms with Crippen LogP contribution in [0.5, 0.6) is 11.5 Å². The van der Waals surface area contributed by atoms with Crippen molar-refractivity contribution in [3.05, 3.63) is 71.1 Å². The molecule has 0 saturated carbocycles. The van der Waals surface area contributed by atoms with Crippen LogP contribution in [0, 0.1) is 5.82 Å². The number of benzene rings is 3. The van der Waals surface area contributed by atoms with Gasteiger partial charge in [-0.3, -0.25) is 0 Å². The lowest BCUT2D eigenvalue weighted by Crippen LogP contribution is -1.96. The molecule has 0 amide bonds. The third kappa shape index (κ3) is 2.64. The van der Waals surface area contributed by atoms with Gasteiger partial charge in [-0.15, -0.1) is 0 Å². The monoisotopic (exact) mass is 398 g/mol. The first-order valence-electron chi connectivity index (χ1n) is 7.49. The molecule has 6 heteroatoms. The fourth-order valence-electron chi connectivity index (χ4n) is 2.80. The van der Waals surface area contributed by atoms with Crippen LogP contribution in [0.15, 0.2) is 65.3 Å². The lowest BCUT2D eigenvalue weighted by Gasteiger charge is -2.09. The molecule has 0 aliphatic rings. The van der Waals surface area contributed by atoms with Gasteiger partial charge >= 0.3 is 0 Å². The van der Waals surface area contributed by atoms with Crippen LogP contribution in [0.4, 0.5) is 4.39 Å². The quantitative estimate of drug-likeness (QED) is 0.499. The SMILES string of the molecule is Oc1cc(F)c2cnn(-c3ccc(-c4cccc(O)c4Br)cc3)c2c1. The van der Waals surface area contributed by atoms with Crippen LogP contribution in [0.3, 0.4) is 0 Å². The molecule has 0 spiro atoms. The topological polar surface area (TPSA) is 58.3 Å². The predicted octanol–water partition coefficient (Wildman–Crippen LogP) is 5.01. The lowest BCUT2D eigenvalue weighted by atomic mass is 10.1. The van der Waals surface area contributed by atoms with E-state index in [2.05, 4.69) is 21.0 Å². The third-order valence-electron chi connectivity index (χ3n) is 4.02. The summed E-state index contributed by atoms with van der Waals surface area (Å²) in [6.07, 6.45) is 1.43.